The van der Waals surface area contributed by atoms with E-state index < -0.39 is 11.8 Å². The van der Waals surface area contributed by atoms with Crippen molar-refractivity contribution in [3.8, 4) is 0 Å². The largest absolute Gasteiger partial charge is 0.390 e. The maximum Gasteiger partial charge on any atom is 0.347 e. The minimum absolute atomic E-state index is 0.0962. The van der Waals surface area contributed by atoms with Crippen molar-refractivity contribution in [2.24, 2.45) is 0 Å². The number of aliphatic hydroxyl groups is 1. The highest BCUT2D eigenvalue weighted by molar-refractivity contribution is 9.10. The molecule has 0 saturated heterocycles. The van der Waals surface area contributed by atoms with Crippen LogP contribution in [0, 0.1) is 0 Å². The second-order valence-corrected chi connectivity index (χ2v) is 3.74. The van der Waals surface area contributed by atoms with Crippen LogP contribution in [0.1, 0.15) is 0 Å². The normalized spacial score (nSPS) is 12.8. The van der Waals surface area contributed by atoms with Gasteiger partial charge >= 0.3 is 5.69 Å². The number of aliphatic hydroxyl groups excluding tert-OH is 1. The molecule has 0 aliphatic heterocycles. The molecule has 0 saturated carbocycles. The summed E-state index contributed by atoms with van der Waals surface area (Å²) in [6, 6.07) is 0. The molecule has 0 bridgehead atoms. The van der Waals surface area contributed by atoms with Crippen molar-refractivity contribution in [2.45, 2.75) is 12.6 Å². The van der Waals surface area contributed by atoms with Crippen molar-refractivity contribution in [2.75, 3.05) is 5.88 Å². The Morgan fingerprint density at radius 3 is 3.08 bits per heavy atom. The Hall–Kier alpha value is -0.390. The molecular formula is C7H8BrClN2O2. The highest BCUT2D eigenvalue weighted by Gasteiger charge is 2.05. The quantitative estimate of drug-likeness (QED) is 0.816. The number of aromatic nitrogens is 2. The van der Waals surface area contributed by atoms with Crippen molar-refractivity contribution in [1.29, 1.82) is 0 Å². The molecular weight excluding hydrogens is 259 g/mol. The summed E-state index contributed by atoms with van der Waals surface area (Å²) in [5, 5.41) is 9.19. The Kier molecular flexibility index (Phi) is 3.90. The molecule has 1 unspecified atom stereocenters. The number of alkyl halides is 1. The Morgan fingerprint density at radius 1 is 1.77 bits per heavy atom. The van der Waals surface area contributed by atoms with Crippen molar-refractivity contribution < 1.29 is 5.11 Å². The fourth-order valence-corrected chi connectivity index (χ4v) is 1.28. The van der Waals surface area contributed by atoms with Gasteiger partial charge in [0.25, 0.3) is 0 Å². The van der Waals surface area contributed by atoms with Crippen LogP contribution in [0.5, 0.6) is 0 Å². The first-order valence-corrected chi connectivity index (χ1v) is 4.92. The number of hydrogen-bond acceptors (Lipinski definition) is 3. The number of rotatable bonds is 3. The number of nitrogens with zero attached hydrogens (tertiary/aromatic N) is 2. The molecule has 13 heavy (non-hydrogen) atoms. The van der Waals surface area contributed by atoms with Gasteiger partial charge in [-0.25, -0.2) is 9.78 Å². The Morgan fingerprint density at radius 2 is 2.46 bits per heavy atom. The van der Waals surface area contributed by atoms with E-state index in [-0.39, 0.29) is 12.4 Å². The smallest absolute Gasteiger partial charge is 0.347 e. The topological polar surface area (TPSA) is 55.1 Å². The minimum atomic E-state index is -0.726. The van der Waals surface area contributed by atoms with Crippen molar-refractivity contribution in [3.05, 3.63) is 27.4 Å². The Labute approximate surface area is 88.3 Å². The van der Waals surface area contributed by atoms with Gasteiger partial charge in [0.05, 0.1) is 23.0 Å². The Balaban J connectivity index is 2.87. The molecule has 1 atom stereocenters. The van der Waals surface area contributed by atoms with Crippen LogP contribution < -0.4 is 5.69 Å². The van der Waals surface area contributed by atoms with E-state index >= 15 is 0 Å². The maximum atomic E-state index is 11.1. The predicted octanol–water partition coefficient (Wildman–Crippen LogP) is 0.606. The van der Waals surface area contributed by atoms with E-state index in [9.17, 15) is 9.90 Å². The third-order valence-corrected chi connectivity index (χ3v) is 2.17. The third-order valence-electron chi connectivity index (χ3n) is 1.41. The summed E-state index contributed by atoms with van der Waals surface area (Å²) in [4.78, 5) is 14.7. The summed E-state index contributed by atoms with van der Waals surface area (Å²) in [5.74, 6) is 0.0962. The lowest BCUT2D eigenvalue weighted by Crippen LogP contribution is -2.28. The lowest BCUT2D eigenvalue weighted by atomic mass is 10.4. The summed E-state index contributed by atoms with van der Waals surface area (Å²) in [6.45, 7) is 0.161. The molecule has 0 aliphatic carbocycles. The first-order chi connectivity index (χ1) is 6.13. The van der Waals surface area contributed by atoms with Crippen LogP contribution in [0.2, 0.25) is 0 Å². The molecule has 1 rings (SSSR count). The SMILES string of the molecule is O=c1ncc(Br)cn1CC(O)CCl. The van der Waals surface area contributed by atoms with Gasteiger partial charge in [0.1, 0.15) is 0 Å². The zero-order valence-electron chi connectivity index (χ0n) is 6.65. The molecule has 1 heterocycles. The van der Waals surface area contributed by atoms with Crippen LogP contribution in [-0.2, 0) is 6.54 Å². The fraction of sp³-hybridized carbons (Fsp3) is 0.429. The second kappa shape index (κ2) is 4.74. The van der Waals surface area contributed by atoms with Crippen LogP contribution in [0.15, 0.2) is 21.7 Å². The molecule has 1 aromatic heterocycles. The molecule has 0 aromatic carbocycles. The molecule has 0 aliphatic rings. The Bertz CT molecular complexity index is 342. The van der Waals surface area contributed by atoms with Gasteiger partial charge in [-0.1, -0.05) is 0 Å². The van der Waals surface area contributed by atoms with Crippen molar-refractivity contribution in [3.63, 3.8) is 0 Å². The van der Waals surface area contributed by atoms with E-state index in [2.05, 4.69) is 20.9 Å². The molecule has 4 nitrogen and oxygen atoms in total. The lowest BCUT2D eigenvalue weighted by Gasteiger charge is -2.08. The second-order valence-electron chi connectivity index (χ2n) is 2.52. The monoisotopic (exact) mass is 266 g/mol. The van der Waals surface area contributed by atoms with Gasteiger partial charge in [-0.15, -0.1) is 11.6 Å². The predicted molar refractivity (Wildman–Crippen MR) is 52.9 cm³/mol. The molecule has 6 heteroatoms. The lowest BCUT2D eigenvalue weighted by molar-refractivity contribution is 0.174. The first-order valence-electron chi connectivity index (χ1n) is 3.59. The third kappa shape index (κ3) is 3.10. The average molecular weight is 268 g/mol. The number of hydrogen-bond donors (Lipinski definition) is 1. The van der Waals surface area contributed by atoms with Crippen LogP contribution in [0.25, 0.3) is 0 Å². The van der Waals surface area contributed by atoms with Crippen LogP contribution in [0.4, 0.5) is 0 Å². The van der Waals surface area contributed by atoms with E-state index in [0.29, 0.717) is 4.47 Å². The standard InChI is InChI=1S/C7H8BrClN2O2/c8-5-2-10-7(13)11(3-5)4-6(12)1-9/h2-3,6,12H,1,4H2. The minimum Gasteiger partial charge on any atom is -0.390 e. The van der Waals surface area contributed by atoms with Gasteiger partial charge in [-0.3, -0.25) is 4.57 Å². The van der Waals surface area contributed by atoms with Crippen molar-refractivity contribution >= 4 is 27.5 Å². The molecule has 1 N–H and O–H groups in total. The van der Waals surface area contributed by atoms with Gasteiger partial charge in [0.15, 0.2) is 0 Å². The summed E-state index contributed by atoms with van der Waals surface area (Å²) < 4.78 is 1.99. The number of halogens is 2. The van der Waals surface area contributed by atoms with Gasteiger partial charge in [0, 0.05) is 12.4 Å². The maximum absolute atomic E-state index is 11.1. The van der Waals surface area contributed by atoms with Gasteiger partial charge in [-0.2, -0.15) is 0 Å². The van der Waals surface area contributed by atoms with Crippen LogP contribution in [-0.4, -0.2) is 26.6 Å². The highest BCUT2D eigenvalue weighted by atomic mass is 79.9. The van der Waals surface area contributed by atoms with E-state index in [1.165, 1.54) is 10.8 Å². The van der Waals surface area contributed by atoms with Gasteiger partial charge < -0.3 is 5.11 Å². The van der Waals surface area contributed by atoms with Crippen LogP contribution in [0.3, 0.4) is 0 Å². The summed E-state index contributed by atoms with van der Waals surface area (Å²) >= 11 is 8.57. The molecule has 1 aromatic rings. The van der Waals surface area contributed by atoms with Crippen LogP contribution >= 0.6 is 27.5 Å². The van der Waals surface area contributed by atoms with Gasteiger partial charge in [-0.05, 0) is 15.9 Å². The van der Waals surface area contributed by atoms with E-state index in [1.807, 2.05) is 0 Å². The molecule has 72 valence electrons. The van der Waals surface area contributed by atoms with Gasteiger partial charge in [0.2, 0.25) is 0 Å². The van der Waals surface area contributed by atoms with E-state index in [1.54, 1.807) is 6.20 Å². The van der Waals surface area contributed by atoms with Crippen molar-refractivity contribution in [1.82, 2.24) is 9.55 Å². The molecule has 0 radical (unpaired) electrons. The summed E-state index contributed by atoms with van der Waals surface area (Å²) in [7, 11) is 0. The molecule has 0 amide bonds. The van der Waals surface area contributed by atoms with E-state index in [0.717, 1.165) is 0 Å². The highest BCUT2D eigenvalue weighted by Crippen LogP contribution is 2.03. The average Bonchev–Trinajstić information content (AvgIpc) is 2.11. The summed E-state index contributed by atoms with van der Waals surface area (Å²) in [6.07, 6.45) is 2.24. The zero-order chi connectivity index (χ0) is 9.84. The first kappa shape index (κ1) is 10.7. The van der Waals surface area contributed by atoms with E-state index in [4.69, 9.17) is 11.6 Å². The summed E-state index contributed by atoms with van der Waals surface area (Å²) in [5.41, 5.74) is -0.396. The zero-order valence-corrected chi connectivity index (χ0v) is 8.99. The molecule has 0 spiro atoms. The molecule has 0 fully saturated rings. The fourth-order valence-electron chi connectivity index (χ4n) is 0.835.